The number of hydrogen-bond acceptors (Lipinski definition) is 6. The van der Waals surface area contributed by atoms with E-state index >= 15 is 0 Å². The van der Waals surface area contributed by atoms with Crippen LogP contribution in [0.15, 0.2) is 60.0 Å². The van der Waals surface area contributed by atoms with Crippen LogP contribution in [-0.2, 0) is 11.4 Å². The lowest BCUT2D eigenvalue weighted by Gasteiger charge is -2.32. The van der Waals surface area contributed by atoms with Gasteiger partial charge >= 0.3 is 0 Å². The highest BCUT2D eigenvalue weighted by Crippen LogP contribution is 2.29. The molecule has 1 fully saturated rings. The zero-order valence-electron chi connectivity index (χ0n) is 20.1. The first-order valence-corrected chi connectivity index (χ1v) is 12.0. The van der Waals surface area contributed by atoms with Gasteiger partial charge in [0.2, 0.25) is 5.88 Å². The molecule has 1 aliphatic rings. The Bertz CT molecular complexity index is 1130. The Morgan fingerprint density at radius 1 is 0.971 bits per heavy atom. The van der Waals surface area contributed by atoms with Gasteiger partial charge in [0.05, 0.1) is 12.3 Å². The van der Waals surface area contributed by atoms with E-state index in [1.54, 1.807) is 13.1 Å². The van der Waals surface area contributed by atoms with Crippen LogP contribution >= 0.6 is 0 Å². The minimum absolute atomic E-state index is 0.355. The monoisotopic (exact) mass is 480 g/mol. The van der Waals surface area contributed by atoms with Crippen molar-refractivity contribution in [1.29, 1.82) is 0 Å². The third-order valence-electron chi connectivity index (χ3n) is 6.06. The molecule has 0 unspecified atom stereocenters. The van der Waals surface area contributed by atoms with Gasteiger partial charge < -0.3 is 9.57 Å². The Hall–Kier alpha value is -3.39. The number of likely N-dealkylation sites (tertiary alicyclic amines) is 1. The van der Waals surface area contributed by atoms with Crippen LogP contribution in [0.4, 0.5) is 8.78 Å². The van der Waals surface area contributed by atoms with Crippen LogP contribution < -0.4 is 4.74 Å². The topological polar surface area (TPSA) is 59.8 Å². The maximum absolute atomic E-state index is 13.8. The first kappa shape index (κ1) is 24.7. The zero-order valence-corrected chi connectivity index (χ0v) is 20.1. The largest absolute Gasteiger partial charge is 0.478 e. The normalized spacial score (nSPS) is 15.3. The predicted octanol–water partition coefficient (Wildman–Crippen LogP) is 5.32. The Morgan fingerprint density at radius 3 is 2.43 bits per heavy atom. The number of pyridine rings is 2. The fraction of sp³-hybridized carbons (Fsp3) is 0.370. The number of nitrogens with zero attached hydrogens (tertiary/aromatic N) is 4. The number of aromatic nitrogens is 2. The molecular formula is C27H30F2N4O2. The van der Waals surface area contributed by atoms with Crippen LogP contribution in [0.5, 0.6) is 5.88 Å². The third-order valence-corrected chi connectivity index (χ3v) is 6.06. The van der Waals surface area contributed by atoms with Crippen LogP contribution in [0, 0.1) is 11.6 Å². The molecular weight excluding hydrogens is 450 g/mol. The van der Waals surface area contributed by atoms with Gasteiger partial charge in [0.1, 0.15) is 12.3 Å². The minimum atomic E-state index is -0.937. The molecule has 6 nitrogen and oxygen atoms in total. The highest BCUT2D eigenvalue weighted by Gasteiger charge is 2.21. The van der Waals surface area contributed by atoms with Crippen LogP contribution in [-0.4, -0.2) is 46.9 Å². The SMILES string of the molecule is CCO/N=C(\c1ccc(F)c(F)c1)c1ccc(CN2CCC(c3ccc(OCC)nc3)CC2)cn1. The van der Waals surface area contributed by atoms with Gasteiger partial charge in [0.25, 0.3) is 0 Å². The fourth-order valence-electron chi connectivity index (χ4n) is 4.23. The van der Waals surface area contributed by atoms with Crippen LogP contribution in [0.2, 0.25) is 0 Å². The van der Waals surface area contributed by atoms with E-state index in [4.69, 9.17) is 9.57 Å². The second kappa shape index (κ2) is 11.8. The number of ether oxygens (including phenoxy) is 1. The number of benzene rings is 1. The van der Waals surface area contributed by atoms with E-state index in [1.165, 1.54) is 11.6 Å². The first-order valence-electron chi connectivity index (χ1n) is 12.0. The molecule has 0 atom stereocenters. The van der Waals surface area contributed by atoms with Crippen molar-refractivity contribution in [1.82, 2.24) is 14.9 Å². The van der Waals surface area contributed by atoms with Gasteiger partial charge in [-0.2, -0.15) is 0 Å². The van der Waals surface area contributed by atoms with E-state index in [-0.39, 0.29) is 0 Å². The third kappa shape index (κ3) is 6.39. The number of oxime groups is 1. The molecule has 0 amide bonds. The fourth-order valence-corrected chi connectivity index (χ4v) is 4.23. The second-order valence-electron chi connectivity index (χ2n) is 8.45. The van der Waals surface area contributed by atoms with Crippen molar-refractivity contribution in [2.45, 2.75) is 39.2 Å². The van der Waals surface area contributed by atoms with Gasteiger partial charge in [-0.3, -0.25) is 9.88 Å². The molecule has 8 heteroatoms. The Balaban J connectivity index is 1.37. The number of halogens is 2. The molecule has 35 heavy (non-hydrogen) atoms. The molecule has 0 aliphatic carbocycles. The maximum atomic E-state index is 13.8. The molecule has 3 aromatic rings. The highest BCUT2D eigenvalue weighted by atomic mass is 19.2. The summed E-state index contributed by atoms with van der Waals surface area (Å²) in [7, 11) is 0. The van der Waals surface area contributed by atoms with Gasteiger partial charge in [0.15, 0.2) is 11.6 Å². The van der Waals surface area contributed by atoms with E-state index in [9.17, 15) is 8.78 Å². The molecule has 1 aliphatic heterocycles. The average molecular weight is 481 g/mol. The molecule has 184 valence electrons. The zero-order chi connectivity index (χ0) is 24.6. The van der Waals surface area contributed by atoms with Gasteiger partial charge in [-0.15, -0.1) is 0 Å². The molecule has 1 aromatic carbocycles. The van der Waals surface area contributed by atoms with Crippen molar-refractivity contribution in [2.24, 2.45) is 5.16 Å². The van der Waals surface area contributed by atoms with Crippen molar-refractivity contribution in [3.8, 4) is 5.88 Å². The van der Waals surface area contributed by atoms with Gasteiger partial charge in [-0.05, 0) is 81.1 Å². The quantitative estimate of drug-likeness (QED) is 0.306. The lowest BCUT2D eigenvalue weighted by Crippen LogP contribution is -2.32. The van der Waals surface area contributed by atoms with E-state index in [2.05, 4.69) is 26.1 Å². The van der Waals surface area contributed by atoms with Crippen LogP contribution in [0.3, 0.4) is 0 Å². The van der Waals surface area contributed by atoms with Crippen molar-refractivity contribution in [2.75, 3.05) is 26.3 Å². The van der Waals surface area contributed by atoms with E-state index < -0.39 is 11.6 Å². The Labute approximate surface area is 204 Å². The molecule has 0 bridgehead atoms. The summed E-state index contributed by atoms with van der Waals surface area (Å²) in [5, 5.41) is 4.09. The van der Waals surface area contributed by atoms with Gasteiger partial charge in [-0.25, -0.2) is 13.8 Å². The van der Waals surface area contributed by atoms with Gasteiger partial charge in [0, 0.05) is 30.6 Å². The summed E-state index contributed by atoms with van der Waals surface area (Å²) in [6.45, 7) is 7.51. The predicted molar refractivity (Wildman–Crippen MR) is 131 cm³/mol. The molecule has 3 heterocycles. The lowest BCUT2D eigenvalue weighted by molar-refractivity contribution is 0.159. The van der Waals surface area contributed by atoms with E-state index in [0.29, 0.717) is 42.0 Å². The summed E-state index contributed by atoms with van der Waals surface area (Å²) in [6, 6.07) is 11.5. The summed E-state index contributed by atoms with van der Waals surface area (Å²) in [5.41, 5.74) is 3.65. The molecule has 4 rings (SSSR count). The van der Waals surface area contributed by atoms with Crippen molar-refractivity contribution >= 4 is 5.71 Å². The summed E-state index contributed by atoms with van der Waals surface area (Å²) in [6.07, 6.45) is 5.88. The summed E-state index contributed by atoms with van der Waals surface area (Å²) in [4.78, 5) is 16.6. The Kier molecular flexibility index (Phi) is 8.36. The van der Waals surface area contributed by atoms with Crippen molar-refractivity contribution in [3.63, 3.8) is 0 Å². The van der Waals surface area contributed by atoms with Crippen molar-refractivity contribution < 1.29 is 18.4 Å². The van der Waals surface area contributed by atoms with Gasteiger partial charge in [-0.1, -0.05) is 17.3 Å². The summed E-state index contributed by atoms with van der Waals surface area (Å²) < 4.78 is 32.6. The molecule has 2 aromatic heterocycles. The second-order valence-corrected chi connectivity index (χ2v) is 8.45. The number of rotatable bonds is 9. The highest BCUT2D eigenvalue weighted by molar-refractivity contribution is 6.11. The molecule has 0 saturated carbocycles. The van der Waals surface area contributed by atoms with Crippen LogP contribution in [0.25, 0.3) is 0 Å². The minimum Gasteiger partial charge on any atom is -0.478 e. The summed E-state index contributed by atoms with van der Waals surface area (Å²) in [5.74, 6) is -0.671. The number of hydrogen-bond donors (Lipinski definition) is 0. The smallest absolute Gasteiger partial charge is 0.213 e. The number of piperidine rings is 1. The first-order chi connectivity index (χ1) is 17.1. The lowest BCUT2D eigenvalue weighted by atomic mass is 9.90. The molecule has 1 saturated heterocycles. The standard InChI is InChI=1S/C27H30F2N4O2/c1-3-34-26-10-7-22(17-31-26)20-11-13-33(14-12-20)18-19-5-9-25(30-16-19)27(32-35-4-2)21-6-8-23(28)24(29)15-21/h5-10,15-17,20H,3-4,11-14,18H2,1-2H3/b32-27+. The van der Waals surface area contributed by atoms with Crippen LogP contribution in [0.1, 0.15) is 55.0 Å². The van der Waals surface area contributed by atoms with E-state index in [1.807, 2.05) is 31.3 Å². The Morgan fingerprint density at radius 2 is 1.80 bits per heavy atom. The summed E-state index contributed by atoms with van der Waals surface area (Å²) >= 11 is 0. The maximum Gasteiger partial charge on any atom is 0.213 e. The average Bonchev–Trinajstić information content (AvgIpc) is 2.88. The molecule has 0 N–H and O–H groups in total. The van der Waals surface area contributed by atoms with E-state index in [0.717, 1.165) is 50.2 Å². The molecule has 0 radical (unpaired) electrons. The van der Waals surface area contributed by atoms with Crippen molar-refractivity contribution in [3.05, 3.63) is 88.9 Å². The molecule has 0 spiro atoms.